The first-order chi connectivity index (χ1) is 5.75. The van der Waals surface area contributed by atoms with Gasteiger partial charge in [-0.25, -0.2) is 4.39 Å². The van der Waals surface area contributed by atoms with Crippen molar-refractivity contribution in [2.75, 3.05) is 0 Å². The molecule has 12 heavy (non-hydrogen) atoms. The lowest BCUT2D eigenvalue weighted by atomic mass is 9.89. The van der Waals surface area contributed by atoms with Crippen molar-refractivity contribution in [2.45, 2.75) is 32.4 Å². The quantitative estimate of drug-likeness (QED) is 0.553. The Morgan fingerprint density at radius 3 is 3.00 bits per heavy atom. The Morgan fingerprint density at radius 2 is 2.17 bits per heavy atom. The van der Waals surface area contributed by atoms with Crippen molar-refractivity contribution < 1.29 is 4.39 Å². The third-order valence-corrected chi connectivity index (χ3v) is 2.53. The van der Waals surface area contributed by atoms with E-state index in [-0.39, 0.29) is 0 Å². The number of halogens is 1. The molecule has 0 saturated heterocycles. The van der Waals surface area contributed by atoms with Gasteiger partial charge in [0.25, 0.3) is 0 Å². The molecule has 1 aliphatic rings. The first-order valence-corrected chi connectivity index (χ1v) is 4.48. The van der Waals surface area contributed by atoms with E-state index in [1.807, 2.05) is 0 Å². The molecule has 0 saturated carbocycles. The summed E-state index contributed by atoms with van der Waals surface area (Å²) in [5, 5.41) is 0. The predicted octanol–water partition coefficient (Wildman–Crippen LogP) is 2.82. The number of alkyl halides is 1. The van der Waals surface area contributed by atoms with Gasteiger partial charge in [-0.2, -0.15) is 0 Å². The number of rotatable bonds is 0. The molecule has 1 aliphatic carbocycles. The van der Waals surface area contributed by atoms with Gasteiger partial charge in [0.2, 0.25) is 0 Å². The van der Waals surface area contributed by atoms with E-state index in [2.05, 4.69) is 25.1 Å². The molecule has 0 radical (unpaired) electrons. The summed E-state index contributed by atoms with van der Waals surface area (Å²) in [6.07, 6.45) is 1.63. The van der Waals surface area contributed by atoms with Crippen molar-refractivity contribution in [3.8, 4) is 0 Å². The molecule has 0 N–H and O–H groups in total. The Morgan fingerprint density at radius 1 is 1.33 bits per heavy atom. The fourth-order valence-electron chi connectivity index (χ4n) is 1.84. The molecule has 64 valence electrons. The third-order valence-electron chi connectivity index (χ3n) is 2.53. The van der Waals surface area contributed by atoms with E-state index < -0.39 is 6.17 Å². The molecule has 1 aromatic carbocycles. The molecule has 1 heteroatoms. The third kappa shape index (κ3) is 1.36. The average molecular weight is 164 g/mol. The Bertz CT molecular complexity index is 291. The molecule has 0 aliphatic heterocycles. The van der Waals surface area contributed by atoms with Gasteiger partial charge in [-0.15, -0.1) is 0 Å². The summed E-state index contributed by atoms with van der Waals surface area (Å²) in [7, 11) is 0. The zero-order valence-corrected chi connectivity index (χ0v) is 7.31. The second-order valence-corrected chi connectivity index (χ2v) is 3.61. The van der Waals surface area contributed by atoms with Crippen molar-refractivity contribution in [1.29, 1.82) is 0 Å². The van der Waals surface area contributed by atoms with Crippen molar-refractivity contribution in [3.05, 3.63) is 34.9 Å². The van der Waals surface area contributed by atoms with Crippen LogP contribution in [0.3, 0.4) is 0 Å². The van der Waals surface area contributed by atoms with Crippen LogP contribution in [-0.2, 0) is 12.8 Å². The van der Waals surface area contributed by atoms with E-state index >= 15 is 0 Å². The summed E-state index contributed by atoms with van der Waals surface area (Å²) >= 11 is 0. The van der Waals surface area contributed by atoms with Crippen molar-refractivity contribution in [3.63, 3.8) is 0 Å². The SMILES string of the molecule is Cc1ccc2c(c1)CCC(F)C2. The van der Waals surface area contributed by atoms with Crippen molar-refractivity contribution >= 4 is 0 Å². The fraction of sp³-hybridized carbons (Fsp3) is 0.455. The Labute approximate surface area is 72.4 Å². The summed E-state index contributed by atoms with van der Waals surface area (Å²) in [6.45, 7) is 2.09. The Hall–Kier alpha value is -0.850. The molecule has 0 fully saturated rings. The molecule has 1 atom stereocenters. The maximum Gasteiger partial charge on any atom is 0.104 e. The zero-order valence-electron chi connectivity index (χ0n) is 7.31. The molecule has 1 unspecified atom stereocenters. The van der Waals surface area contributed by atoms with Crippen LogP contribution < -0.4 is 0 Å². The Kier molecular flexibility index (Phi) is 1.87. The summed E-state index contributed by atoms with van der Waals surface area (Å²) in [4.78, 5) is 0. The molecule has 0 amide bonds. The minimum atomic E-state index is -0.611. The minimum absolute atomic E-state index is 0.611. The second-order valence-electron chi connectivity index (χ2n) is 3.61. The van der Waals surface area contributed by atoms with Crippen LogP contribution in [0.5, 0.6) is 0 Å². The largest absolute Gasteiger partial charge is 0.247 e. The van der Waals surface area contributed by atoms with Crippen LogP contribution in [0.25, 0.3) is 0 Å². The number of aryl methyl sites for hydroxylation is 2. The summed E-state index contributed by atoms with van der Waals surface area (Å²) in [5.41, 5.74) is 3.84. The van der Waals surface area contributed by atoms with E-state index in [9.17, 15) is 4.39 Å². The molecular weight excluding hydrogens is 151 g/mol. The van der Waals surface area contributed by atoms with Crippen LogP contribution in [0.4, 0.5) is 4.39 Å². The lowest BCUT2D eigenvalue weighted by molar-refractivity contribution is 0.301. The summed E-state index contributed by atoms with van der Waals surface area (Å²) < 4.78 is 13.0. The predicted molar refractivity (Wildman–Crippen MR) is 48.1 cm³/mol. The van der Waals surface area contributed by atoms with E-state index in [0.29, 0.717) is 12.8 Å². The molecule has 0 nitrogen and oxygen atoms in total. The average Bonchev–Trinajstić information content (AvgIpc) is 2.05. The van der Waals surface area contributed by atoms with Gasteiger partial charge in [0.1, 0.15) is 6.17 Å². The lowest BCUT2D eigenvalue weighted by Crippen LogP contribution is -2.14. The molecule has 2 rings (SSSR count). The van der Waals surface area contributed by atoms with Gasteiger partial charge in [0.05, 0.1) is 0 Å². The van der Waals surface area contributed by atoms with E-state index in [0.717, 1.165) is 6.42 Å². The number of hydrogen-bond acceptors (Lipinski definition) is 0. The van der Waals surface area contributed by atoms with E-state index in [4.69, 9.17) is 0 Å². The molecule has 0 heterocycles. The van der Waals surface area contributed by atoms with Gasteiger partial charge in [0, 0.05) is 6.42 Å². The van der Waals surface area contributed by atoms with Gasteiger partial charge in [-0.3, -0.25) is 0 Å². The van der Waals surface area contributed by atoms with Crippen LogP contribution in [0.2, 0.25) is 0 Å². The Balaban J connectivity index is 2.37. The van der Waals surface area contributed by atoms with Crippen LogP contribution >= 0.6 is 0 Å². The van der Waals surface area contributed by atoms with E-state index in [1.54, 1.807) is 0 Å². The smallest absolute Gasteiger partial charge is 0.104 e. The monoisotopic (exact) mass is 164 g/mol. The minimum Gasteiger partial charge on any atom is -0.247 e. The molecule has 1 aromatic rings. The van der Waals surface area contributed by atoms with Crippen molar-refractivity contribution in [2.24, 2.45) is 0 Å². The van der Waals surface area contributed by atoms with Crippen LogP contribution in [-0.4, -0.2) is 6.17 Å². The number of fused-ring (bicyclic) bond motifs is 1. The normalized spacial score (nSPS) is 22.0. The van der Waals surface area contributed by atoms with Gasteiger partial charge >= 0.3 is 0 Å². The zero-order chi connectivity index (χ0) is 8.55. The maximum atomic E-state index is 13.0. The molecule has 0 bridgehead atoms. The molecular formula is C11H13F. The van der Waals surface area contributed by atoms with Gasteiger partial charge in [-0.1, -0.05) is 23.8 Å². The maximum absolute atomic E-state index is 13.0. The highest BCUT2D eigenvalue weighted by Crippen LogP contribution is 2.23. The highest BCUT2D eigenvalue weighted by Gasteiger charge is 2.16. The summed E-state index contributed by atoms with van der Waals surface area (Å²) in [6, 6.07) is 6.31. The second kappa shape index (κ2) is 2.89. The van der Waals surface area contributed by atoms with E-state index in [1.165, 1.54) is 16.7 Å². The highest BCUT2D eigenvalue weighted by molar-refractivity contribution is 5.33. The van der Waals surface area contributed by atoms with Crippen LogP contribution in [0, 0.1) is 6.92 Å². The van der Waals surface area contributed by atoms with Crippen molar-refractivity contribution in [1.82, 2.24) is 0 Å². The van der Waals surface area contributed by atoms with Gasteiger partial charge in [0.15, 0.2) is 0 Å². The van der Waals surface area contributed by atoms with Gasteiger partial charge < -0.3 is 0 Å². The molecule has 0 spiro atoms. The summed E-state index contributed by atoms with van der Waals surface area (Å²) in [5.74, 6) is 0. The lowest BCUT2D eigenvalue weighted by Gasteiger charge is -2.19. The first kappa shape index (κ1) is 7.78. The highest BCUT2D eigenvalue weighted by atomic mass is 19.1. The topological polar surface area (TPSA) is 0 Å². The number of hydrogen-bond donors (Lipinski definition) is 0. The van der Waals surface area contributed by atoms with Crippen LogP contribution in [0.1, 0.15) is 23.1 Å². The number of benzene rings is 1. The molecule has 0 aromatic heterocycles. The fourth-order valence-corrected chi connectivity index (χ4v) is 1.84. The standard InChI is InChI=1S/C11H13F/c1-8-2-3-10-7-11(12)5-4-9(10)6-8/h2-3,6,11H,4-5,7H2,1H3. The van der Waals surface area contributed by atoms with Gasteiger partial charge in [-0.05, 0) is 30.9 Å². The first-order valence-electron chi connectivity index (χ1n) is 4.48. The van der Waals surface area contributed by atoms with Crippen LogP contribution in [0.15, 0.2) is 18.2 Å².